The molecule has 0 saturated heterocycles. The summed E-state index contributed by atoms with van der Waals surface area (Å²) < 4.78 is 5.33. The molecule has 0 bridgehead atoms. The average Bonchev–Trinajstić information content (AvgIpc) is 3.31. The molecule has 26 heavy (non-hydrogen) atoms. The van der Waals surface area contributed by atoms with Crippen molar-refractivity contribution in [2.75, 3.05) is 33.9 Å². The fraction of sp³-hybridized carbons (Fsp3) is 0.571. The van der Waals surface area contributed by atoms with Crippen molar-refractivity contribution in [3.05, 3.63) is 36.0 Å². The highest BCUT2D eigenvalue weighted by atomic mass is 16.5. The molecule has 1 aliphatic carbocycles. The maximum Gasteiger partial charge on any atom is 0.191 e. The van der Waals surface area contributed by atoms with Crippen LogP contribution in [0.5, 0.6) is 0 Å². The number of rotatable bonds is 8. The van der Waals surface area contributed by atoms with Crippen LogP contribution in [0, 0.1) is 5.41 Å². The van der Waals surface area contributed by atoms with Crippen LogP contribution in [0.15, 0.2) is 35.5 Å². The van der Waals surface area contributed by atoms with E-state index in [1.165, 1.54) is 42.1 Å². The second kappa shape index (κ2) is 9.08. The summed E-state index contributed by atoms with van der Waals surface area (Å²) in [5, 5.41) is 8.32. The lowest BCUT2D eigenvalue weighted by atomic mass is 9.83. The van der Waals surface area contributed by atoms with Crippen molar-refractivity contribution >= 4 is 16.9 Å². The van der Waals surface area contributed by atoms with E-state index >= 15 is 0 Å². The van der Waals surface area contributed by atoms with E-state index in [0.717, 1.165) is 38.5 Å². The monoisotopic (exact) mass is 356 g/mol. The van der Waals surface area contributed by atoms with Gasteiger partial charge in [-0.3, -0.25) is 4.99 Å². The third kappa shape index (κ3) is 4.58. The van der Waals surface area contributed by atoms with Crippen molar-refractivity contribution in [2.45, 2.75) is 38.5 Å². The predicted molar refractivity (Wildman–Crippen MR) is 109 cm³/mol. The molecule has 0 amide bonds. The van der Waals surface area contributed by atoms with Gasteiger partial charge in [0.2, 0.25) is 0 Å². The maximum atomic E-state index is 5.33. The Balaban J connectivity index is 1.48. The van der Waals surface area contributed by atoms with Crippen molar-refractivity contribution in [3.63, 3.8) is 0 Å². The Bertz CT molecular complexity index is 716. The van der Waals surface area contributed by atoms with Gasteiger partial charge >= 0.3 is 0 Å². The van der Waals surface area contributed by atoms with Gasteiger partial charge in [-0.05, 0) is 42.7 Å². The molecule has 1 aromatic heterocycles. The van der Waals surface area contributed by atoms with Gasteiger partial charge in [0, 0.05) is 51.0 Å². The molecule has 1 saturated carbocycles. The van der Waals surface area contributed by atoms with Crippen LogP contribution in [0.2, 0.25) is 0 Å². The van der Waals surface area contributed by atoms with Crippen molar-refractivity contribution < 1.29 is 4.74 Å². The van der Waals surface area contributed by atoms with Gasteiger partial charge in [0.05, 0.1) is 0 Å². The third-order valence-electron chi connectivity index (χ3n) is 5.72. The van der Waals surface area contributed by atoms with Crippen molar-refractivity contribution in [2.24, 2.45) is 10.4 Å². The number of aromatic amines is 1. The molecule has 0 aliphatic heterocycles. The summed E-state index contributed by atoms with van der Waals surface area (Å²) in [6, 6.07) is 8.45. The molecule has 5 heteroatoms. The van der Waals surface area contributed by atoms with Crippen LogP contribution in [-0.2, 0) is 11.2 Å². The molecule has 3 N–H and O–H groups in total. The number of para-hydroxylation sites is 1. The van der Waals surface area contributed by atoms with Crippen LogP contribution in [0.3, 0.4) is 0 Å². The second-order valence-corrected chi connectivity index (χ2v) is 7.41. The van der Waals surface area contributed by atoms with Gasteiger partial charge in [0.15, 0.2) is 5.96 Å². The number of hydrogen-bond donors (Lipinski definition) is 3. The highest BCUT2D eigenvalue weighted by Crippen LogP contribution is 2.40. The Morgan fingerprint density at radius 1 is 1.23 bits per heavy atom. The van der Waals surface area contributed by atoms with E-state index in [0.29, 0.717) is 5.41 Å². The molecule has 0 unspecified atom stereocenters. The minimum Gasteiger partial charge on any atom is -0.385 e. The van der Waals surface area contributed by atoms with Crippen LogP contribution in [-0.4, -0.2) is 44.8 Å². The van der Waals surface area contributed by atoms with Gasteiger partial charge in [-0.1, -0.05) is 31.0 Å². The number of guanidine groups is 1. The molecule has 0 radical (unpaired) electrons. The number of hydrogen-bond acceptors (Lipinski definition) is 2. The zero-order chi connectivity index (χ0) is 18.2. The normalized spacial score (nSPS) is 16.9. The van der Waals surface area contributed by atoms with Gasteiger partial charge in [-0.15, -0.1) is 0 Å². The quantitative estimate of drug-likeness (QED) is 0.501. The summed E-state index contributed by atoms with van der Waals surface area (Å²) >= 11 is 0. The Morgan fingerprint density at radius 3 is 2.81 bits per heavy atom. The molecule has 5 nitrogen and oxygen atoms in total. The van der Waals surface area contributed by atoms with Gasteiger partial charge < -0.3 is 20.4 Å². The number of fused-ring (bicyclic) bond motifs is 1. The van der Waals surface area contributed by atoms with Gasteiger partial charge in [-0.2, -0.15) is 0 Å². The fourth-order valence-corrected chi connectivity index (χ4v) is 4.10. The van der Waals surface area contributed by atoms with Crippen LogP contribution in [0.4, 0.5) is 0 Å². The van der Waals surface area contributed by atoms with Gasteiger partial charge in [-0.25, -0.2) is 0 Å². The lowest BCUT2D eigenvalue weighted by Crippen LogP contribution is -2.43. The number of H-pyrrole nitrogens is 1. The first-order chi connectivity index (χ1) is 12.8. The van der Waals surface area contributed by atoms with Gasteiger partial charge in [0.1, 0.15) is 0 Å². The van der Waals surface area contributed by atoms with Crippen LogP contribution in [0.25, 0.3) is 10.9 Å². The Kier molecular flexibility index (Phi) is 6.56. The molecule has 1 aromatic carbocycles. The fourth-order valence-electron chi connectivity index (χ4n) is 4.10. The van der Waals surface area contributed by atoms with E-state index in [9.17, 15) is 0 Å². The van der Waals surface area contributed by atoms with Crippen molar-refractivity contribution in [3.8, 4) is 0 Å². The molecule has 2 aromatic rings. The van der Waals surface area contributed by atoms with Crippen LogP contribution >= 0.6 is 0 Å². The van der Waals surface area contributed by atoms with Crippen molar-refractivity contribution in [1.29, 1.82) is 0 Å². The number of nitrogens with zero attached hydrogens (tertiary/aromatic N) is 1. The smallest absolute Gasteiger partial charge is 0.191 e. The lowest BCUT2D eigenvalue weighted by Gasteiger charge is -2.30. The summed E-state index contributed by atoms with van der Waals surface area (Å²) in [4.78, 5) is 7.74. The number of methoxy groups -OCH3 is 1. The van der Waals surface area contributed by atoms with E-state index in [4.69, 9.17) is 4.74 Å². The summed E-state index contributed by atoms with van der Waals surface area (Å²) in [5.74, 6) is 0.897. The Labute approximate surface area is 156 Å². The molecule has 3 rings (SSSR count). The number of aliphatic imine (C=N–C) groups is 1. The highest BCUT2D eigenvalue weighted by Gasteiger charge is 2.33. The molecular weight excluding hydrogens is 324 g/mol. The van der Waals surface area contributed by atoms with E-state index in [1.54, 1.807) is 7.11 Å². The third-order valence-corrected chi connectivity index (χ3v) is 5.72. The summed E-state index contributed by atoms with van der Waals surface area (Å²) in [5.41, 5.74) is 2.91. The first-order valence-corrected chi connectivity index (χ1v) is 9.75. The minimum atomic E-state index is 0.366. The number of aromatic nitrogens is 1. The highest BCUT2D eigenvalue weighted by molar-refractivity contribution is 5.83. The number of nitrogens with one attached hydrogen (secondary N) is 3. The Hall–Kier alpha value is -2.01. The van der Waals surface area contributed by atoms with Crippen molar-refractivity contribution in [1.82, 2.24) is 15.6 Å². The molecule has 1 fully saturated rings. The van der Waals surface area contributed by atoms with Gasteiger partial charge in [0.25, 0.3) is 0 Å². The topological polar surface area (TPSA) is 61.4 Å². The lowest BCUT2D eigenvalue weighted by molar-refractivity contribution is 0.138. The largest absolute Gasteiger partial charge is 0.385 e. The predicted octanol–water partition coefficient (Wildman–Crippen LogP) is 3.47. The summed E-state index contributed by atoms with van der Waals surface area (Å²) in [6.45, 7) is 2.68. The molecule has 0 atom stereocenters. The van der Waals surface area contributed by atoms with Crippen LogP contribution in [0.1, 0.15) is 37.7 Å². The molecule has 142 valence electrons. The molecular formula is C21H32N4O. The minimum absolute atomic E-state index is 0.366. The second-order valence-electron chi connectivity index (χ2n) is 7.41. The zero-order valence-electron chi connectivity index (χ0n) is 16.1. The summed E-state index contributed by atoms with van der Waals surface area (Å²) in [7, 11) is 3.64. The van der Waals surface area contributed by atoms with E-state index in [-0.39, 0.29) is 0 Å². The van der Waals surface area contributed by atoms with E-state index in [2.05, 4.69) is 51.1 Å². The number of benzene rings is 1. The summed E-state index contributed by atoms with van der Waals surface area (Å²) in [6.07, 6.45) is 9.45. The van der Waals surface area contributed by atoms with E-state index in [1.807, 2.05) is 7.05 Å². The molecule has 1 aliphatic rings. The van der Waals surface area contributed by atoms with Crippen LogP contribution < -0.4 is 10.6 Å². The SMILES string of the molecule is CN=C(NCCc1c[nH]c2ccccc12)NCC1(CCOC)CCCC1. The zero-order valence-corrected chi connectivity index (χ0v) is 16.1. The van der Waals surface area contributed by atoms with E-state index < -0.39 is 0 Å². The molecule has 0 spiro atoms. The maximum absolute atomic E-state index is 5.33. The average molecular weight is 357 g/mol. The Morgan fingerprint density at radius 2 is 2.04 bits per heavy atom. The first-order valence-electron chi connectivity index (χ1n) is 9.75. The first kappa shape index (κ1) is 18.8. The number of ether oxygens (including phenoxy) is 1. The molecule has 1 heterocycles. The standard InChI is InChI=1S/C21H32N4O/c1-22-20(25-16-21(12-14-26-2)10-5-6-11-21)23-13-9-17-15-24-19-8-4-3-7-18(17)19/h3-4,7-8,15,24H,5-6,9-14,16H2,1-2H3,(H2,22,23,25).